The smallest absolute Gasteiger partial charge is 0.311 e. The zero-order valence-electron chi connectivity index (χ0n) is 9.79. The van der Waals surface area contributed by atoms with Crippen LogP contribution >= 0.6 is 11.3 Å². The highest BCUT2D eigenvalue weighted by Crippen LogP contribution is 2.20. The van der Waals surface area contributed by atoms with E-state index in [0.29, 0.717) is 12.4 Å². The van der Waals surface area contributed by atoms with Gasteiger partial charge in [0.05, 0.1) is 15.6 Å². The summed E-state index contributed by atoms with van der Waals surface area (Å²) >= 11 is 1.60. The lowest BCUT2D eigenvalue weighted by Gasteiger charge is -2.04. The van der Waals surface area contributed by atoms with Gasteiger partial charge in [0.2, 0.25) is 5.82 Å². The maximum Gasteiger partial charge on any atom is 0.311 e. The first-order valence-electron chi connectivity index (χ1n) is 5.41. The summed E-state index contributed by atoms with van der Waals surface area (Å²) in [4.78, 5) is 18.6. The predicted octanol–water partition coefficient (Wildman–Crippen LogP) is 2.41. The number of rotatable bonds is 5. The quantitative estimate of drug-likeness (QED) is 0.662. The minimum Gasteiger partial charge on any atom is -0.364 e. The van der Waals surface area contributed by atoms with E-state index in [0.717, 1.165) is 17.1 Å². The van der Waals surface area contributed by atoms with Gasteiger partial charge in [-0.3, -0.25) is 10.1 Å². The fourth-order valence-electron chi connectivity index (χ4n) is 1.51. The SMILES string of the molecule is Cc1nc(CCNc2ncccc2[N+](=O)[O-])cs1. The van der Waals surface area contributed by atoms with E-state index in [-0.39, 0.29) is 5.69 Å². The number of nitrogens with zero attached hydrogens (tertiary/aromatic N) is 3. The zero-order valence-corrected chi connectivity index (χ0v) is 10.6. The van der Waals surface area contributed by atoms with Crippen LogP contribution < -0.4 is 5.32 Å². The lowest BCUT2D eigenvalue weighted by atomic mass is 10.3. The molecule has 0 bridgehead atoms. The van der Waals surface area contributed by atoms with Crippen molar-refractivity contribution in [1.29, 1.82) is 0 Å². The first-order valence-corrected chi connectivity index (χ1v) is 6.29. The van der Waals surface area contributed by atoms with Crippen LogP contribution in [0, 0.1) is 17.0 Å². The highest BCUT2D eigenvalue weighted by molar-refractivity contribution is 7.09. The highest BCUT2D eigenvalue weighted by atomic mass is 32.1. The van der Waals surface area contributed by atoms with Crippen molar-refractivity contribution in [2.75, 3.05) is 11.9 Å². The topological polar surface area (TPSA) is 81.0 Å². The molecule has 0 aliphatic heterocycles. The second kappa shape index (κ2) is 5.54. The van der Waals surface area contributed by atoms with Crippen LogP contribution in [-0.4, -0.2) is 21.4 Å². The molecule has 18 heavy (non-hydrogen) atoms. The molecule has 2 heterocycles. The van der Waals surface area contributed by atoms with Gasteiger partial charge in [0.25, 0.3) is 0 Å². The number of nitrogens with one attached hydrogen (secondary N) is 1. The first-order chi connectivity index (χ1) is 8.66. The van der Waals surface area contributed by atoms with E-state index in [2.05, 4.69) is 15.3 Å². The maximum absolute atomic E-state index is 10.8. The van der Waals surface area contributed by atoms with E-state index in [4.69, 9.17) is 0 Å². The number of hydrogen-bond donors (Lipinski definition) is 1. The van der Waals surface area contributed by atoms with Crippen LogP contribution in [0.2, 0.25) is 0 Å². The third-order valence-electron chi connectivity index (χ3n) is 2.32. The Kier molecular flexibility index (Phi) is 3.83. The van der Waals surface area contributed by atoms with Crippen molar-refractivity contribution >= 4 is 22.8 Å². The van der Waals surface area contributed by atoms with Crippen molar-refractivity contribution in [3.63, 3.8) is 0 Å². The molecule has 0 fully saturated rings. The van der Waals surface area contributed by atoms with Gasteiger partial charge in [-0.25, -0.2) is 9.97 Å². The Bertz CT molecular complexity index is 555. The normalized spacial score (nSPS) is 10.3. The molecular formula is C11H12N4O2S. The van der Waals surface area contributed by atoms with E-state index in [1.54, 1.807) is 17.4 Å². The summed E-state index contributed by atoms with van der Waals surface area (Å²) < 4.78 is 0. The second-order valence-corrected chi connectivity index (χ2v) is 4.73. The first kappa shape index (κ1) is 12.4. The van der Waals surface area contributed by atoms with E-state index >= 15 is 0 Å². The monoisotopic (exact) mass is 264 g/mol. The fraction of sp³-hybridized carbons (Fsp3) is 0.273. The van der Waals surface area contributed by atoms with Crippen LogP contribution in [0.15, 0.2) is 23.7 Å². The van der Waals surface area contributed by atoms with Crippen LogP contribution in [0.1, 0.15) is 10.7 Å². The summed E-state index contributed by atoms with van der Waals surface area (Å²) in [5.74, 6) is 0.300. The molecular weight excluding hydrogens is 252 g/mol. The third kappa shape index (κ3) is 3.01. The Morgan fingerprint density at radius 2 is 2.39 bits per heavy atom. The average molecular weight is 264 g/mol. The Balaban J connectivity index is 1.96. The molecule has 0 amide bonds. The van der Waals surface area contributed by atoms with Crippen molar-refractivity contribution < 1.29 is 4.92 Å². The largest absolute Gasteiger partial charge is 0.364 e. The number of pyridine rings is 1. The van der Waals surface area contributed by atoms with Crippen molar-refractivity contribution in [1.82, 2.24) is 9.97 Å². The minimum absolute atomic E-state index is 0.00745. The summed E-state index contributed by atoms with van der Waals surface area (Å²) in [5, 5.41) is 16.7. The van der Waals surface area contributed by atoms with E-state index in [9.17, 15) is 10.1 Å². The lowest BCUT2D eigenvalue weighted by molar-refractivity contribution is -0.384. The number of aromatic nitrogens is 2. The van der Waals surface area contributed by atoms with Gasteiger partial charge >= 0.3 is 5.69 Å². The standard InChI is InChI=1S/C11H12N4O2S/c1-8-14-9(7-18-8)4-6-13-11-10(15(16)17)3-2-5-12-11/h2-3,5,7H,4,6H2,1H3,(H,12,13). The van der Waals surface area contributed by atoms with Crippen molar-refractivity contribution in [3.05, 3.63) is 44.5 Å². The third-order valence-corrected chi connectivity index (χ3v) is 3.15. The number of aryl methyl sites for hydroxylation is 1. The number of nitro groups is 1. The molecule has 0 radical (unpaired) electrons. The number of hydrogen-bond acceptors (Lipinski definition) is 6. The molecule has 94 valence electrons. The van der Waals surface area contributed by atoms with E-state index in [1.807, 2.05) is 12.3 Å². The summed E-state index contributed by atoms with van der Waals surface area (Å²) in [7, 11) is 0. The van der Waals surface area contributed by atoms with Crippen LogP contribution in [0.3, 0.4) is 0 Å². The number of thiazole rings is 1. The van der Waals surface area contributed by atoms with Gasteiger partial charge in [-0.2, -0.15) is 0 Å². The Morgan fingerprint density at radius 1 is 1.56 bits per heavy atom. The van der Waals surface area contributed by atoms with E-state index in [1.165, 1.54) is 12.3 Å². The van der Waals surface area contributed by atoms with Crippen molar-refractivity contribution in [3.8, 4) is 0 Å². The molecule has 0 atom stereocenters. The minimum atomic E-state index is -0.442. The van der Waals surface area contributed by atoms with Crippen LogP contribution in [0.4, 0.5) is 11.5 Å². The molecule has 0 aliphatic rings. The van der Waals surface area contributed by atoms with Crippen molar-refractivity contribution in [2.45, 2.75) is 13.3 Å². The van der Waals surface area contributed by atoms with Gasteiger partial charge < -0.3 is 5.32 Å². The Labute approximate surface area is 108 Å². The Hall–Kier alpha value is -2.02. The lowest BCUT2D eigenvalue weighted by Crippen LogP contribution is -2.08. The average Bonchev–Trinajstić information content (AvgIpc) is 2.75. The fourth-order valence-corrected chi connectivity index (χ4v) is 2.16. The summed E-state index contributed by atoms with van der Waals surface area (Å²) in [6.07, 6.45) is 2.25. The number of anilines is 1. The molecule has 0 aliphatic carbocycles. The molecule has 0 unspecified atom stereocenters. The molecule has 1 N–H and O–H groups in total. The highest BCUT2D eigenvalue weighted by Gasteiger charge is 2.13. The van der Waals surface area contributed by atoms with Gasteiger partial charge in [0, 0.05) is 30.6 Å². The molecule has 0 saturated heterocycles. The van der Waals surface area contributed by atoms with Crippen molar-refractivity contribution in [2.24, 2.45) is 0 Å². The Morgan fingerprint density at radius 3 is 3.06 bits per heavy atom. The van der Waals surface area contributed by atoms with Gasteiger partial charge in [0.1, 0.15) is 0 Å². The van der Waals surface area contributed by atoms with Crippen LogP contribution in [0.5, 0.6) is 0 Å². The summed E-state index contributed by atoms with van der Waals surface area (Å²) in [6.45, 7) is 2.52. The van der Waals surface area contributed by atoms with Crippen LogP contribution in [-0.2, 0) is 6.42 Å². The molecule has 0 spiro atoms. The second-order valence-electron chi connectivity index (χ2n) is 3.66. The molecule has 2 aromatic rings. The molecule has 6 nitrogen and oxygen atoms in total. The molecule has 2 rings (SSSR count). The predicted molar refractivity (Wildman–Crippen MR) is 69.9 cm³/mol. The molecule has 2 aromatic heterocycles. The zero-order chi connectivity index (χ0) is 13.0. The summed E-state index contributed by atoms with van der Waals surface area (Å²) in [6, 6.07) is 2.98. The van der Waals surface area contributed by atoms with Crippen LogP contribution in [0.25, 0.3) is 0 Å². The maximum atomic E-state index is 10.8. The molecule has 0 aromatic carbocycles. The van der Waals surface area contributed by atoms with Gasteiger partial charge in [-0.05, 0) is 13.0 Å². The van der Waals surface area contributed by atoms with Gasteiger partial charge in [-0.15, -0.1) is 11.3 Å². The van der Waals surface area contributed by atoms with Gasteiger partial charge in [-0.1, -0.05) is 0 Å². The van der Waals surface area contributed by atoms with E-state index < -0.39 is 4.92 Å². The van der Waals surface area contributed by atoms with Gasteiger partial charge in [0.15, 0.2) is 0 Å². The summed E-state index contributed by atoms with van der Waals surface area (Å²) in [5.41, 5.74) is 0.982. The molecule has 0 saturated carbocycles. The molecule has 7 heteroatoms.